The second-order valence-corrected chi connectivity index (χ2v) is 12.5. The van der Waals surface area contributed by atoms with E-state index in [9.17, 15) is 9.59 Å². The van der Waals surface area contributed by atoms with Crippen LogP contribution in [0, 0.1) is 5.92 Å². The first kappa shape index (κ1) is 51.6. The highest BCUT2D eigenvalue weighted by Crippen LogP contribution is 2.14. The molecular formula is C41H73NO14. The van der Waals surface area contributed by atoms with E-state index in [4.69, 9.17) is 56.8 Å². The van der Waals surface area contributed by atoms with E-state index < -0.39 is 0 Å². The molecule has 1 atom stereocenters. The molecule has 0 spiro atoms. The Bertz CT molecular complexity index is 1000. The average molecular weight is 804 g/mol. The van der Waals surface area contributed by atoms with Gasteiger partial charge in [0.2, 0.25) is 0 Å². The maximum absolute atomic E-state index is 12.1. The van der Waals surface area contributed by atoms with Crippen molar-refractivity contribution in [2.24, 2.45) is 5.92 Å². The van der Waals surface area contributed by atoms with Crippen LogP contribution in [-0.2, 0) is 61.6 Å². The lowest BCUT2D eigenvalue weighted by Gasteiger charge is -2.13. The van der Waals surface area contributed by atoms with E-state index in [2.05, 4.69) is 19.2 Å². The zero-order chi connectivity index (χ0) is 40.4. The van der Waals surface area contributed by atoms with Gasteiger partial charge in [0.05, 0.1) is 144 Å². The topological polar surface area (TPSA) is 157 Å². The lowest BCUT2D eigenvalue weighted by Crippen LogP contribution is -2.20. The van der Waals surface area contributed by atoms with Crippen LogP contribution >= 0.6 is 0 Å². The summed E-state index contributed by atoms with van der Waals surface area (Å²) in [5, 5.41) is 3.32. The molecule has 1 N–H and O–H groups in total. The van der Waals surface area contributed by atoms with Crippen molar-refractivity contribution >= 4 is 17.6 Å². The standard InChI is InChI=1S/C41H73NO14/c1-4-7-9-37(6-3)40(43)55-35-33-53-31-29-51-27-25-49-23-21-47-19-17-45-15-16-46-18-20-48-22-24-50-26-28-52-30-32-54-34-36-56-41(44)38-10-12-39(13-11-38)42-14-8-5-2/h10-13,37,42H,4-9,14-36H2,1-3H3. The molecular weight excluding hydrogens is 730 g/mol. The molecule has 0 aromatic heterocycles. The summed E-state index contributed by atoms with van der Waals surface area (Å²) in [4.78, 5) is 24.2. The normalized spacial score (nSPS) is 11.8. The van der Waals surface area contributed by atoms with Crippen LogP contribution in [0.3, 0.4) is 0 Å². The predicted octanol–water partition coefficient (Wildman–Crippen LogP) is 4.98. The fraction of sp³-hybridized carbons (Fsp3) is 0.805. The van der Waals surface area contributed by atoms with Gasteiger partial charge in [-0.1, -0.05) is 40.0 Å². The Kier molecular flexibility index (Phi) is 37.5. The van der Waals surface area contributed by atoms with Crippen molar-refractivity contribution in [2.45, 2.75) is 59.3 Å². The molecule has 0 bridgehead atoms. The van der Waals surface area contributed by atoms with Gasteiger partial charge in [0, 0.05) is 12.2 Å². The molecule has 1 aromatic carbocycles. The molecule has 0 radical (unpaired) electrons. The van der Waals surface area contributed by atoms with Gasteiger partial charge in [0.1, 0.15) is 13.2 Å². The van der Waals surface area contributed by atoms with Gasteiger partial charge in [0.15, 0.2) is 0 Å². The van der Waals surface area contributed by atoms with E-state index in [-0.39, 0.29) is 31.1 Å². The van der Waals surface area contributed by atoms with Crippen molar-refractivity contribution < 1.29 is 66.4 Å². The molecule has 0 saturated heterocycles. The van der Waals surface area contributed by atoms with Gasteiger partial charge >= 0.3 is 11.9 Å². The summed E-state index contributed by atoms with van der Waals surface area (Å²) in [5.74, 6) is -0.498. The third-order valence-electron chi connectivity index (χ3n) is 7.99. The number of anilines is 1. The van der Waals surface area contributed by atoms with Gasteiger partial charge in [-0.15, -0.1) is 0 Å². The van der Waals surface area contributed by atoms with Crippen LogP contribution in [0.1, 0.15) is 69.7 Å². The van der Waals surface area contributed by atoms with Gasteiger partial charge in [-0.2, -0.15) is 0 Å². The molecule has 15 heteroatoms. The molecule has 56 heavy (non-hydrogen) atoms. The summed E-state index contributed by atoms with van der Waals surface area (Å²) in [6, 6.07) is 7.28. The van der Waals surface area contributed by atoms with Crippen LogP contribution in [0.25, 0.3) is 0 Å². The zero-order valence-corrected chi connectivity index (χ0v) is 34.6. The quantitative estimate of drug-likeness (QED) is 0.0696. The predicted molar refractivity (Wildman–Crippen MR) is 213 cm³/mol. The fourth-order valence-corrected chi connectivity index (χ4v) is 4.75. The second kappa shape index (κ2) is 40.7. The number of hydrogen-bond donors (Lipinski definition) is 1. The van der Waals surface area contributed by atoms with Gasteiger partial charge in [-0.25, -0.2) is 4.79 Å². The Hall–Kier alpha value is -2.44. The van der Waals surface area contributed by atoms with Crippen LogP contribution in [0.4, 0.5) is 5.69 Å². The lowest BCUT2D eigenvalue weighted by molar-refractivity contribution is -0.150. The summed E-state index contributed by atoms with van der Waals surface area (Å²) in [5.41, 5.74) is 1.51. The number of nitrogens with one attached hydrogen (secondary N) is 1. The molecule has 0 heterocycles. The van der Waals surface area contributed by atoms with E-state index in [1.807, 2.05) is 19.1 Å². The monoisotopic (exact) mass is 804 g/mol. The Labute approximate surface area is 335 Å². The largest absolute Gasteiger partial charge is 0.463 e. The molecule has 1 aromatic rings. The minimum absolute atomic E-state index is 0.00921. The molecule has 15 nitrogen and oxygen atoms in total. The minimum Gasteiger partial charge on any atom is -0.463 e. The van der Waals surface area contributed by atoms with Crippen LogP contribution in [0.15, 0.2) is 24.3 Å². The summed E-state index contributed by atoms with van der Waals surface area (Å²) >= 11 is 0. The van der Waals surface area contributed by atoms with Crippen molar-refractivity contribution in [1.82, 2.24) is 0 Å². The van der Waals surface area contributed by atoms with Crippen molar-refractivity contribution in [3.8, 4) is 0 Å². The first-order valence-corrected chi connectivity index (χ1v) is 20.6. The Morgan fingerprint density at radius 1 is 0.464 bits per heavy atom. The summed E-state index contributed by atoms with van der Waals surface area (Å²) < 4.78 is 65.4. The summed E-state index contributed by atoms with van der Waals surface area (Å²) in [7, 11) is 0. The average Bonchev–Trinajstić information content (AvgIpc) is 3.21. The van der Waals surface area contributed by atoms with Crippen molar-refractivity contribution in [3.05, 3.63) is 29.8 Å². The van der Waals surface area contributed by atoms with Crippen molar-refractivity contribution in [3.63, 3.8) is 0 Å². The maximum Gasteiger partial charge on any atom is 0.338 e. The maximum atomic E-state index is 12.1. The number of benzene rings is 1. The number of rotatable bonds is 43. The SMILES string of the molecule is CCCCNc1ccc(C(=O)OCCOCCOCCOCCOCCOCCOCCOCCOCCOCCOCCOC(=O)C(CC)CCCC)cc1. The highest BCUT2D eigenvalue weighted by Gasteiger charge is 2.17. The molecule has 0 aliphatic carbocycles. The third-order valence-corrected chi connectivity index (χ3v) is 7.99. The van der Waals surface area contributed by atoms with Gasteiger partial charge < -0.3 is 62.2 Å². The third kappa shape index (κ3) is 32.6. The number of carbonyl (C=O) groups excluding carboxylic acids is 2. The Morgan fingerprint density at radius 3 is 1.14 bits per heavy atom. The first-order valence-electron chi connectivity index (χ1n) is 20.6. The number of unbranched alkanes of at least 4 members (excludes halogenated alkanes) is 2. The molecule has 0 fully saturated rings. The number of hydrogen-bond acceptors (Lipinski definition) is 15. The Balaban J connectivity index is 1.70. The molecule has 1 unspecified atom stereocenters. The van der Waals surface area contributed by atoms with Crippen LogP contribution < -0.4 is 5.32 Å². The number of ether oxygens (including phenoxy) is 12. The van der Waals surface area contributed by atoms with Crippen LogP contribution in [0.5, 0.6) is 0 Å². The van der Waals surface area contributed by atoms with Crippen LogP contribution in [-0.4, -0.2) is 164 Å². The van der Waals surface area contributed by atoms with Gasteiger partial charge in [0.25, 0.3) is 0 Å². The van der Waals surface area contributed by atoms with Crippen molar-refractivity contribution in [1.29, 1.82) is 0 Å². The first-order chi connectivity index (χ1) is 27.6. The van der Waals surface area contributed by atoms with E-state index >= 15 is 0 Å². The smallest absolute Gasteiger partial charge is 0.338 e. The fourth-order valence-electron chi connectivity index (χ4n) is 4.75. The highest BCUT2D eigenvalue weighted by molar-refractivity contribution is 5.89. The molecule has 1 rings (SSSR count). The second-order valence-electron chi connectivity index (χ2n) is 12.5. The zero-order valence-electron chi connectivity index (χ0n) is 34.6. The molecule has 0 aliphatic rings. The minimum atomic E-state index is -0.364. The number of esters is 2. The van der Waals surface area contributed by atoms with Crippen LogP contribution in [0.2, 0.25) is 0 Å². The molecule has 326 valence electrons. The van der Waals surface area contributed by atoms with E-state index in [1.165, 1.54) is 0 Å². The Morgan fingerprint density at radius 2 is 0.804 bits per heavy atom. The van der Waals surface area contributed by atoms with E-state index in [1.54, 1.807) is 12.1 Å². The van der Waals surface area contributed by atoms with Gasteiger partial charge in [-0.3, -0.25) is 4.79 Å². The highest BCUT2D eigenvalue weighted by atomic mass is 16.6. The summed E-state index contributed by atoms with van der Waals surface area (Å²) in [6.07, 6.45) is 6.05. The van der Waals surface area contributed by atoms with E-state index in [0.717, 1.165) is 50.8 Å². The van der Waals surface area contributed by atoms with E-state index in [0.29, 0.717) is 138 Å². The lowest BCUT2D eigenvalue weighted by atomic mass is 10.00. The van der Waals surface area contributed by atoms with Gasteiger partial charge in [-0.05, 0) is 43.5 Å². The molecule has 0 amide bonds. The molecule has 0 aliphatic heterocycles. The summed E-state index contributed by atoms with van der Waals surface area (Å²) in [6.45, 7) is 16.8. The number of carbonyl (C=O) groups is 2. The molecule has 0 saturated carbocycles. The van der Waals surface area contributed by atoms with Crippen molar-refractivity contribution in [2.75, 3.05) is 157 Å².